The molecule has 2 heterocycles. The Morgan fingerprint density at radius 2 is 2.06 bits per heavy atom. The summed E-state index contributed by atoms with van der Waals surface area (Å²) in [4.78, 5) is 4.54. The Morgan fingerprint density at radius 1 is 1.33 bits per heavy atom. The van der Waals surface area contributed by atoms with Crippen LogP contribution in [0.1, 0.15) is 25.7 Å². The van der Waals surface area contributed by atoms with Crippen molar-refractivity contribution in [3.8, 4) is 0 Å². The van der Waals surface area contributed by atoms with Crippen LogP contribution in [-0.2, 0) is 9.57 Å². The molecule has 2 saturated heterocycles. The minimum Gasteiger partial charge on any atom is -0.375 e. The summed E-state index contributed by atoms with van der Waals surface area (Å²) in [7, 11) is 0. The van der Waals surface area contributed by atoms with Crippen molar-refractivity contribution in [2.24, 2.45) is 0 Å². The van der Waals surface area contributed by atoms with Crippen LogP contribution in [0.15, 0.2) is 0 Å². The molecule has 1 spiro atoms. The fourth-order valence-electron chi connectivity index (χ4n) is 2.46. The molecule has 1 atom stereocenters. The molecule has 0 aromatic heterocycles. The summed E-state index contributed by atoms with van der Waals surface area (Å²) in [6.45, 7) is -0.648. The molecule has 1 unspecified atom stereocenters. The first-order valence-corrected chi connectivity index (χ1v) is 7.30. The van der Waals surface area contributed by atoms with Gasteiger partial charge >= 0.3 is 6.18 Å². The quantitative estimate of drug-likeness (QED) is 0.807. The molecule has 2 fully saturated rings. The van der Waals surface area contributed by atoms with E-state index in [1.54, 1.807) is 0 Å². The standard InChI is InChI=1S/C11H18F3NO2S/c12-11(13,14)8-17-15-9-1-4-16-10(7-9)2-5-18-6-3-10/h9,15H,1-8H2. The third kappa shape index (κ3) is 4.29. The van der Waals surface area contributed by atoms with Crippen molar-refractivity contribution in [1.82, 2.24) is 5.48 Å². The summed E-state index contributed by atoms with van der Waals surface area (Å²) in [6, 6.07) is -0.0378. The van der Waals surface area contributed by atoms with Crippen molar-refractivity contribution >= 4 is 11.8 Å². The fraction of sp³-hybridized carbons (Fsp3) is 1.00. The predicted octanol–water partition coefficient (Wildman–Crippen LogP) is 2.51. The highest BCUT2D eigenvalue weighted by Crippen LogP contribution is 2.37. The van der Waals surface area contributed by atoms with Gasteiger partial charge in [-0.25, -0.2) is 0 Å². The summed E-state index contributed by atoms with van der Waals surface area (Å²) >= 11 is 1.90. The predicted molar refractivity (Wildman–Crippen MR) is 63.4 cm³/mol. The number of nitrogens with one attached hydrogen (secondary N) is 1. The van der Waals surface area contributed by atoms with E-state index in [9.17, 15) is 13.2 Å². The Labute approximate surface area is 109 Å². The topological polar surface area (TPSA) is 30.5 Å². The van der Waals surface area contributed by atoms with Gasteiger partial charge < -0.3 is 4.74 Å². The van der Waals surface area contributed by atoms with Crippen molar-refractivity contribution in [2.45, 2.75) is 43.5 Å². The van der Waals surface area contributed by atoms with E-state index in [2.05, 4.69) is 10.3 Å². The monoisotopic (exact) mass is 285 g/mol. The Hall–Kier alpha value is 0.0200. The molecule has 0 aromatic rings. The molecule has 2 aliphatic heterocycles. The minimum atomic E-state index is -4.28. The lowest BCUT2D eigenvalue weighted by Crippen LogP contribution is -2.49. The highest BCUT2D eigenvalue weighted by atomic mass is 32.2. The molecule has 0 aromatic carbocycles. The number of hydrogen-bond acceptors (Lipinski definition) is 4. The van der Waals surface area contributed by atoms with Crippen LogP contribution < -0.4 is 5.48 Å². The summed E-state index contributed by atoms with van der Waals surface area (Å²) in [5.74, 6) is 2.13. The normalized spacial score (nSPS) is 28.5. The Bertz CT molecular complexity index is 264. The smallest absolute Gasteiger partial charge is 0.375 e. The highest BCUT2D eigenvalue weighted by Gasteiger charge is 2.39. The van der Waals surface area contributed by atoms with Gasteiger partial charge in [0.05, 0.1) is 5.60 Å². The summed E-state index contributed by atoms with van der Waals surface area (Å²) in [5.41, 5.74) is 2.41. The molecule has 18 heavy (non-hydrogen) atoms. The number of thioether (sulfide) groups is 1. The Kier molecular flexibility index (Phi) is 4.80. The lowest BCUT2D eigenvalue weighted by Gasteiger charge is -2.43. The van der Waals surface area contributed by atoms with Crippen LogP contribution in [0.3, 0.4) is 0 Å². The van der Waals surface area contributed by atoms with Crippen LogP contribution in [0.25, 0.3) is 0 Å². The molecule has 0 bridgehead atoms. The van der Waals surface area contributed by atoms with Crippen molar-refractivity contribution in [1.29, 1.82) is 0 Å². The Morgan fingerprint density at radius 3 is 2.72 bits per heavy atom. The van der Waals surface area contributed by atoms with Crippen LogP contribution in [0, 0.1) is 0 Å². The zero-order valence-electron chi connectivity index (χ0n) is 10.1. The van der Waals surface area contributed by atoms with E-state index >= 15 is 0 Å². The van der Waals surface area contributed by atoms with Crippen LogP contribution in [0.5, 0.6) is 0 Å². The molecule has 0 aliphatic carbocycles. The van der Waals surface area contributed by atoms with Crippen molar-refractivity contribution in [3.05, 3.63) is 0 Å². The molecular weight excluding hydrogens is 267 g/mol. The third-order valence-electron chi connectivity index (χ3n) is 3.38. The summed E-state index contributed by atoms with van der Waals surface area (Å²) in [6.07, 6.45) is -0.875. The second kappa shape index (κ2) is 5.98. The lowest BCUT2D eigenvalue weighted by molar-refractivity contribution is -0.199. The zero-order valence-corrected chi connectivity index (χ0v) is 10.9. The van der Waals surface area contributed by atoms with Gasteiger partial charge in [0.15, 0.2) is 6.61 Å². The number of ether oxygens (including phenoxy) is 1. The van der Waals surface area contributed by atoms with E-state index in [1.807, 2.05) is 11.8 Å². The molecule has 2 rings (SSSR count). The Balaban J connectivity index is 1.76. The van der Waals surface area contributed by atoms with Crippen LogP contribution >= 0.6 is 11.8 Å². The van der Waals surface area contributed by atoms with E-state index < -0.39 is 12.8 Å². The fourth-order valence-corrected chi connectivity index (χ4v) is 3.70. The van der Waals surface area contributed by atoms with Gasteiger partial charge in [0.1, 0.15) is 0 Å². The van der Waals surface area contributed by atoms with Gasteiger partial charge in [-0.2, -0.15) is 30.4 Å². The first-order valence-electron chi connectivity index (χ1n) is 6.15. The number of hydrogen-bond donors (Lipinski definition) is 1. The average Bonchev–Trinajstić information content (AvgIpc) is 2.28. The second-order valence-corrected chi connectivity index (χ2v) is 6.08. The maximum absolute atomic E-state index is 12.0. The number of hydroxylamine groups is 1. The number of rotatable bonds is 3. The van der Waals surface area contributed by atoms with Gasteiger partial charge in [-0.15, -0.1) is 0 Å². The maximum Gasteiger partial charge on any atom is 0.413 e. The van der Waals surface area contributed by atoms with Crippen LogP contribution in [-0.4, -0.2) is 42.5 Å². The van der Waals surface area contributed by atoms with Gasteiger partial charge in [0.2, 0.25) is 0 Å². The van der Waals surface area contributed by atoms with E-state index in [-0.39, 0.29) is 11.6 Å². The zero-order chi connectivity index (χ0) is 13.1. The first kappa shape index (κ1) is 14.4. The van der Waals surface area contributed by atoms with E-state index in [0.29, 0.717) is 13.0 Å². The third-order valence-corrected chi connectivity index (χ3v) is 4.37. The number of alkyl halides is 3. The molecule has 0 amide bonds. The van der Waals surface area contributed by atoms with Crippen molar-refractivity contribution in [3.63, 3.8) is 0 Å². The van der Waals surface area contributed by atoms with Gasteiger partial charge in [-0.05, 0) is 37.2 Å². The molecule has 1 N–H and O–H groups in total. The SMILES string of the molecule is FC(F)(F)CONC1CCOC2(CCSCC2)C1. The van der Waals surface area contributed by atoms with Gasteiger partial charge in [-0.1, -0.05) is 0 Å². The molecule has 0 radical (unpaired) electrons. The van der Waals surface area contributed by atoms with Crippen LogP contribution in [0.2, 0.25) is 0 Å². The summed E-state index contributed by atoms with van der Waals surface area (Å²) in [5, 5.41) is 0. The van der Waals surface area contributed by atoms with Gasteiger partial charge in [0.25, 0.3) is 0 Å². The summed E-state index contributed by atoms with van der Waals surface area (Å²) < 4.78 is 41.7. The molecule has 0 saturated carbocycles. The minimum absolute atomic E-state index is 0.0378. The molecule has 7 heteroatoms. The van der Waals surface area contributed by atoms with E-state index in [0.717, 1.165) is 30.8 Å². The first-order chi connectivity index (χ1) is 8.49. The second-order valence-electron chi connectivity index (χ2n) is 4.86. The van der Waals surface area contributed by atoms with E-state index in [4.69, 9.17) is 4.74 Å². The van der Waals surface area contributed by atoms with Crippen molar-refractivity contribution < 1.29 is 22.7 Å². The molecule has 3 nitrogen and oxygen atoms in total. The lowest BCUT2D eigenvalue weighted by atomic mass is 9.86. The van der Waals surface area contributed by atoms with Crippen LogP contribution in [0.4, 0.5) is 13.2 Å². The molecule has 106 valence electrons. The molecule has 2 aliphatic rings. The van der Waals surface area contributed by atoms with Gasteiger partial charge in [-0.3, -0.25) is 4.84 Å². The van der Waals surface area contributed by atoms with E-state index in [1.165, 1.54) is 0 Å². The highest BCUT2D eigenvalue weighted by molar-refractivity contribution is 7.99. The van der Waals surface area contributed by atoms with Gasteiger partial charge in [0, 0.05) is 12.6 Å². The largest absolute Gasteiger partial charge is 0.413 e. The van der Waals surface area contributed by atoms with Crippen molar-refractivity contribution in [2.75, 3.05) is 24.7 Å². The average molecular weight is 285 g/mol. The maximum atomic E-state index is 12.0. The number of halogens is 3. The molecular formula is C11H18F3NO2S.